The number of aromatic nitrogens is 1. The summed E-state index contributed by atoms with van der Waals surface area (Å²) in [5.74, 6) is -0.976. The van der Waals surface area contributed by atoms with E-state index in [0.29, 0.717) is 5.56 Å². The number of nitro groups is 1. The molecule has 2 rings (SSSR count). The van der Waals surface area contributed by atoms with Gasteiger partial charge in [0.2, 0.25) is 5.91 Å². The van der Waals surface area contributed by atoms with Crippen molar-refractivity contribution >= 4 is 17.5 Å². The van der Waals surface area contributed by atoms with Crippen molar-refractivity contribution < 1.29 is 14.5 Å². The summed E-state index contributed by atoms with van der Waals surface area (Å²) in [6, 6.07) is 10.4. The molecule has 0 aliphatic heterocycles. The average Bonchev–Trinajstić information content (AvgIpc) is 2.54. The molecule has 112 valence electrons. The normalized spacial score (nSPS) is 9.82. The maximum atomic E-state index is 11.7. The van der Waals surface area contributed by atoms with E-state index in [-0.39, 0.29) is 17.8 Å². The molecular formula is C14H12N4O4. The number of amides is 2. The molecule has 0 radical (unpaired) electrons. The molecule has 2 aromatic rings. The molecule has 1 aromatic heterocycles. The number of non-ortho nitro benzene ring substituents is 1. The molecular weight excluding hydrogens is 288 g/mol. The summed E-state index contributed by atoms with van der Waals surface area (Å²) in [6.45, 7) is 0. The van der Waals surface area contributed by atoms with Gasteiger partial charge in [0.15, 0.2) is 0 Å². The third-order valence-electron chi connectivity index (χ3n) is 2.72. The van der Waals surface area contributed by atoms with Gasteiger partial charge in [-0.25, -0.2) is 0 Å². The molecule has 2 N–H and O–H groups in total. The van der Waals surface area contributed by atoms with Gasteiger partial charge in [0.05, 0.1) is 11.3 Å². The second-order valence-electron chi connectivity index (χ2n) is 4.32. The summed E-state index contributed by atoms with van der Waals surface area (Å²) in [4.78, 5) is 37.2. The Labute approximate surface area is 125 Å². The van der Waals surface area contributed by atoms with E-state index < -0.39 is 16.7 Å². The van der Waals surface area contributed by atoms with Crippen LogP contribution in [-0.4, -0.2) is 21.7 Å². The highest BCUT2D eigenvalue weighted by atomic mass is 16.6. The highest BCUT2D eigenvalue weighted by Gasteiger charge is 2.09. The van der Waals surface area contributed by atoms with Crippen LogP contribution >= 0.6 is 0 Å². The van der Waals surface area contributed by atoms with E-state index in [1.54, 1.807) is 12.1 Å². The molecule has 8 nitrogen and oxygen atoms in total. The molecule has 22 heavy (non-hydrogen) atoms. The van der Waals surface area contributed by atoms with Crippen LogP contribution in [0.4, 0.5) is 5.69 Å². The first-order valence-corrected chi connectivity index (χ1v) is 6.30. The molecule has 0 bridgehead atoms. The lowest BCUT2D eigenvalue weighted by Gasteiger charge is -2.06. The van der Waals surface area contributed by atoms with Crippen molar-refractivity contribution in [2.24, 2.45) is 0 Å². The predicted octanol–water partition coefficient (Wildman–Crippen LogP) is 0.993. The van der Waals surface area contributed by atoms with Crippen LogP contribution in [0.1, 0.15) is 16.1 Å². The Hall–Kier alpha value is -3.29. The summed E-state index contributed by atoms with van der Waals surface area (Å²) in [7, 11) is 0. The Kier molecular flexibility index (Phi) is 4.76. The molecule has 1 heterocycles. The van der Waals surface area contributed by atoms with Gasteiger partial charge < -0.3 is 0 Å². The quantitative estimate of drug-likeness (QED) is 0.645. The fourth-order valence-electron chi connectivity index (χ4n) is 1.65. The molecule has 0 atom stereocenters. The Morgan fingerprint density at radius 2 is 1.82 bits per heavy atom. The van der Waals surface area contributed by atoms with E-state index in [2.05, 4.69) is 15.8 Å². The van der Waals surface area contributed by atoms with Crippen LogP contribution in [0.3, 0.4) is 0 Å². The lowest BCUT2D eigenvalue weighted by Crippen LogP contribution is -2.42. The van der Waals surface area contributed by atoms with E-state index >= 15 is 0 Å². The van der Waals surface area contributed by atoms with Gasteiger partial charge >= 0.3 is 0 Å². The van der Waals surface area contributed by atoms with E-state index in [1.807, 2.05) is 0 Å². The largest absolute Gasteiger partial charge is 0.288 e. The van der Waals surface area contributed by atoms with E-state index in [0.717, 1.165) is 0 Å². The topological polar surface area (TPSA) is 114 Å². The maximum absolute atomic E-state index is 11.7. The van der Waals surface area contributed by atoms with E-state index in [4.69, 9.17) is 0 Å². The van der Waals surface area contributed by atoms with Crippen molar-refractivity contribution in [1.29, 1.82) is 0 Å². The van der Waals surface area contributed by atoms with Crippen LogP contribution in [0, 0.1) is 10.1 Å². The van der Waals surface area contributed by atoms with Crippen LogP contribution in [-0.2, 0) is 11.2 Å². The fourth-order valence-corrected chi connectivity index (χ4v) is 1.65. The minimum Gasteiger partial charge on any atom is -0.273 e. The number of hydrazine groups is 1. The van der Waals surface area contributed by atoms with Crippen molar-refractivity contribution in [3.63, 3.8) is 0 Å². The second-order valence-corrected chi connectivity index (χ2v) is 4.32. The first-order chi connectivity index (χ1) is 10.6. The molecule has 0 aliphatic carbocycles. The number of hydrogen-bond donors (Lipinski definition) is 2. The number of hydrogen-bond acceptors (Lipinski definition) is 5. The van der Waals surface area contributed by atoms with Crippen molar-refractivity contribution in [3.8, 4) is 0 Å². The average molecular weight is 300 g/mol. The van der Waals surface area contributed by atoms with Crippen LogP contribution in [0.25, 0.3) is 0 Å². The Morgan fingerprint density at radius 1 is 1.09 bits per heavy atom. The van der Waals surface area contributed by atoms with Crippen LogP contribution in [0.5, 0.6) is 0 Å². The highest BCUT2D eigenvalue weighted by molar-refractivity contribution is 5.93. The summed E-state index contributed by atoms with van der Waals surface area (Å²) in [5, 5.41) is 10.5. The van der Waals surface area contributed by atoms with Crippen LogP contribution < -0.4 is 10.9 Å². The Balaban J connectivity index is 1.85. The van der Waals surface area contributed by atoms with Gasteiger partial charge in [0.1, 0.15) is 5.69 Å². The molecule has 2 amide bonds. The van der Waals surface area contributed by atoms with Gasteiger partial charge in [-0.1, -0.05) is 18.2 Å². The lowest BCUT2D eigenvalue weighted by atomic mass is 10.1. The first kappa shape index (κ1) is 15.1. The number of nitrogens with zero attached hydrogens (tertiary/aromatic N) is 2. The fraction of sp³-hybridized carbons (Fsp3) is 0.0714. The van der Waals surface area contributed by atoms with Gasteiger partial charge in [0.25, 0.3) is 11.6 Å². The van der Waals surface area contributed by atoms with Gasteiger partial charge in [-0.3, -0.25) is 35.5 Å². The molecule has 0 saturated heterocycles. The molecule has 0 spiro atoms. The molecule has 0 saturated carbocycles. The highest BCUT2D eigenvalue weighted by Crippen LogP contribution is 2.12. The molecule has 8 heteroatoms. The minimum absolute atomic E-state index is 0.0134. The Bertz CT molecular complexity index is 686. The zero-order valence-corrected chi connectivity index (χ0v) is 11.4. The third-order valence-corrected chi connectivity index (χ3v) is 2.72. The number of carbonyl (C=O) groups excluding carboxylic acids is 2. The number of nitrogens with one attached hydrogen (secondary N) is 2. The van der Waals surface area contributed by atoms with Crippen molar-refractivity contribution in [1.82, 2.24) is 15.8 Å². The number of nitro benzene ring substituents is 1. The number of benzene rings is 1. The van der Waals surface area contributed by atoms with Crippen LogP contribution in [0.2, 0.25) is 0 Å². The van der Waals surface area contributed by atoms with Crippen molar-refractivity contribution in [3.05, 3.63) is 70.0 Å². The standard InChI is InChI=1S/C14H12N4O4/c19-13(9-10-4-6-11(7-5-10)18(21)22)16-17-14(20)12-3-1-2-8-15-12/h1-8H,9H2,(H,16,19)(H,17,20). The summed E-state index contributed by atoms with van der Waals surface area (Å²) in [5.41, 5.74) is 5.22. The first-order valence-electron chi connectivity index (χ1n) is 6.30. The number of rotatable bonds is 4. The SMILES string of the molecule is O=C(Cc1ccc([N+](=O)[O-])cc1)NNC(=O)c1ccccn1. The summed E-state index contributed by atoms with van der Waals surface area (Å²) in [6.07, 6.45) is 1.45. The smallest absolute Gasteiger partial charge is 0.273 e. The third kappa shape index (κ3) is 4.10. The summed E-state index contributed by atoms with van der Waals surface area (Å²) >= 11 is 0. The zero-order chi connectivity index (χ0) is 15.9. The second kappa shape index (κ2) is 6.93. The molecule has 0 unspecified atom stereocenters. The number of carbonyl (C=O) groups is 2. The minimum atomic E-state index is -0.530. The predicted molar refractivity (Wildman–Crippen MR) is 76.6 cm³/mol. The molecule has 0 fully saturated rings. The lowest BCUT2D eigenvalue weighted by molar-refractivity contribution is -0.384. The van der Waals surface area contributed by atoms with Gasteiger partial charge in [-0.15, -0.1) is 0 Å². The molecule has 1 aromatic carbocycles. The zero-order valence-electron chi connectivity index (χ0n) is 11.4. The van der Waals surface area contributed by atoms with Crippen molar-refractivity contribution in [2.45, 2.75) is 6.42 Å². The van der Waals surface area contributed by atoms with E-state index in [1.165, 1.54) is 36.5 Å². The van der Waals surface area contributed by atoms with E-state index in [9.17, 15) is 19.7 Å². The van der Waals surface area contributed by atoms with Crippen molar-refractivity contribution in [2.75, 3.05) is 0 Å². The number of pyridine rings is 1. The van der Waals surface area contributed by atoms with Gasteiger partial charge in [0, 0.05) is 18.3 Å². The molecule has 0 aliphatic rings. The van der Waals surface area contributed by atoms with Gasteiger partial charge in [-0.05, 0) is 17.7 Å². The monoisotopic (exact) mass is 300 g/mol. The van der Waals surface area contributed by atoms with Gasteiger partial charge in [-0.2, -0.15) is 0 Å². The summed E-state index contributed by atoms with van der Waals surface area (Å²) < 4.78 is 0. The van der Waals surface area contributed by atoms with Crippen LogP contribution in [0.15, 0.2) is 48.7 Å². The Morgan fingerprint density at radius 3 is 2.41 bits per heavy atom. The maximum Gasteiger partial charge on any atom is 0.288 e.